The summed E-state index contributed by atoms with van der Waals surface area (Å²) >= 11 is 0. The zero-order chi connectivity index (χ0) is 11.0. The van der Waals surface area contributed by atoms with Crippen LogP contribution in [-0.4, -0.2) is 6.21 Å². The van der Waals surface area contributed by atoms with Gasteiger partial charge < -0.3 is 0 Å². The Bertz CT molecular complexity index is 555. The van der Waals surface area contributed by atoms with Crippen LogP contribution in [0.4, 0.5) is 10.1 Å². The maximum atomic E-state index is 12.8. The highest BCUT2D eigenvalue weighted by molar-refractivity contribution is 5.79. The molecule has 1 heterocycles. The van der Waals surface area contributed by atoms with Crippen molar-refractivity contribution in [1.82, 2.24) is 0 Å². The van der Waals surface area contributed by atoms with E-state index in [4.69, 9.17) is 0 Å². The zero-order valence-electron chi connectivity index (χ0n) is 8.65. The molecule has 1 nitrogen and oxygen atoms in total. The Morgan fingerprint density at radius 1 is 0.938 bits per heavy atom. The molecule has 2 aromatic rings. The molecule has 1 aliphatic heterocycles. The fourth-order valence-electron chi connectivity index (χ4n) is 1.92. The van der Waals surface area contributed by atoms with E-state index in [2.05, 4.69) is 17.1 Å². The van der Waals surface area contributed by atoms with Crippen LogP contribution in [0.15, 0.2) is 47.5 Å². The van der Waals surface area contributed by atoms with Crippen molar-refractivity contribution in [2.75, 3.05) is 0 Å². The summed E-state index contributed by atoms with van der Waals surface area (Å²) in [6.45, 7) is 0. The van der Waals surface area contributed by atoms with E-state index in [0.717, 1.165) is 23.2 Å². The summed E-state index contributed by atoms with van der Waals surface area (Å²) in [5.74, 6) is -0.206. The lowest BCUT2D eigenvalue weighted by Crippen LogP contribution is -1.82. The molecule has 0 radical (unpaired) electrons. The van der Waals surface area contributed by atoms with Crippen LogP contribution in [0, 0.1) is 5.82 Å². The normalized spacial score (nSPS) is 12.8. The molecule has 2 aromatic carbocycles. The SMILES string of the molecule is Fc1ccc(-c2ccc3c(c2)N=CC3)cc1. The largest absolute Gasteiger partial charge is 0.261 e. The maximum Gasteiger partial charge on any atom is 0.123 e. The zero-order valence-corrected chi connectivity index (χ0v) is 8.65. The van der Waals surface area contributed by atoms with Gasteiger partial charge in [-0.3, -0.25) is 4.99 Å². The Labute approximate surface area is 93.3 Å². The molecule has 0 unspecified atom stereocenters. The van der Waals surface area contributed by atoms with Gasteiger partial charge in [-0.2, -0.15) is 0 Å². The minimum Gasteiger partial charge on any atom is -0.261 e. The molecule has 0 spiro atoms. The van der Waals surface area contributed by atoms with Gasteiger partial charge in [0.2, 0.25) is 0 Å². The molecule has 0 bridgehead atoms. The third kappa shape index (κ3) is 1.52. The number of rotatable bonds is 1. The molecule has 78 valence electrons. The second-order valence-electron chi connectivity index (χ2n) is 3.87. The van der Waals surface area contributed by atoms with Gasteiger partial charge >= 0.3 is 0 Å². The lowest BCUT2D eigenvalue weighted by molar-refractivity contribution is 0.628. The van der Waals surface area contributed by atoms with Crippen molar-refractivity contribution in [3.8, 4) is 11.1 Å². The van der Waals surface area contributed by atoms with Gasteiger partial charge in [0, 0.05) is 12.6 Å². The first-order valence-electron chi connectivity index (χ1n) is 5.24. The second kappa shape index (κ2) is 3.56. The quantitative estimate of drug-likeness (QED) is 0.681. The molecule has 1 aliphatic rings. The van der Waals surface area contributed by atoms with Crippen molar-refractivity contribution in [2.24, 2.45) is 4.99 Å². The summed E-state index contributed by atoms with van der Waals surface area (Å²) in [4.78, 5) is 4.30. The van der Waals surface area contributed by atoms with Gasteiger partial charge in [-0.25, -0.2) is 4.39 Å². The Hall–Kier alpha value is -1.96. The van der Waals surface area contributed by atoms with Crippen LogP contribution in [0.2, 0.25) is 0 Å². The number of hydrogen-bond donors (Lipinski definition) is 0. The first-order valence-corrected chi connectivity index (χ1v) is 5.24. The highest BCUT2D eigenvalue weighted by Gasteiger charge is 2.07. The average molecular weight is 211 g/mol. The van der Waals surface area contributed by atoms with Crippen molar-refractivity contribution in [3.63, 3.8) is 0 Å². The van der Waals surface area contributed by atoms with Gasteiger partial charge in [0.1, 0.15) is 5.82 Å². The minimum absolute atomic E-state index is 0.206. The average Bonchev–Trinajstić information content (AvgIpc) is 2.77. The van der Waals surface area contributed by atoms with Crippen molar-refractivity contribution in [2.45, 2.75) is 6.42 Å². The van der Waals surface area contributed by atoms with E-state index in [1.54, 1.807) is 12.1 Å². The van der Waals surface area contributed by atoms with Gasteiger partial charge in [0.15, 0.2) is 0 Å². The lowest BCUT2D eigenvalue weighted by Gasteiger charge is -2.04. The first kappa shape index (κ1) is 9.28. The summed E-state index contributed by atoms with van der Waals surface area (Å²) in [6.07, 6.45) is 2.83. The second-order valence-corrected chi connectivity index (χ2v) is 3.87. The Morgan fingerprint density at radius 3 is 2.50 bits per heavy atom. The van der Waals surface area contributed by atoms with Crippen LogP contribution < -0.4 is 0 Å². The Kier molecular flexibility index (Phi) is 2.07. The maximum absolute atomic E-state index is 12.8. The van der Waals surface area contributed by atoms with E-state index in [-0.39, 0.29) is 5.82 Å². The molecular formula is C14H10FN. The third-order valence-electron chi connectivity index (χ3n) is 2.80. The standard InChI is InChI=1S/C14H10FN/c15-13-5-3-10(4-6-13)12-2-1-11-7-8-16-14(11)9-12/h1-6,8-9H,7H2. The fourth-order valence-corrected chi connectivity index (χ4v) is 1.92. The minimum atomic E-state index is -0.206. The van der Waals surface area contributed by atoms with E-state index >= 15 is 0 Å². The molecular weight excluding hydrogens is 201 g/mol. The van der Waals surface area contributed by atoms with Gasteiger partial charge in [-0.15, -0.1) is 0 Å². The summed E-state index contributed by atoms with van der Waals surface area (Å²) < 4.78 is 12.8. The first-order chi connectivity index (χ1) is 7.83. The molecule has 3 rings (SSSR count). The molecule has 0 atom stereocenters. The predicted octanol–water partition coefficient (Wildman–Crippen LogP) is 3.75. The van der Waals surface area contributed by atoms with Crippen LogP contribution in [-0.2, 0) is 6.42 Å². The highest BCUT2D eigenvalue weighted by atomic mass is 19.1. The van der Waals surface area contributed by atoms with E-state index < -0.39 is 0 Å². The van der Waals surface area contributed by atoms with E-state index in [9.17, 15) is 4.39 Å². The number of nitrogens with zero attached hydrogens (tertiary/aromatic N) is 1. The van der Waals surface area contributed by atoms with Crippen LogP contribution in [0.1, 0.15) is 5.56 Å². The molecule has 0 saturated carbocycles. The lowest BCUT2D eigenvalue weighted by atomic mass is 10.0. The third-order valence-corrected chi connectivity index (χ3v) is 2.80. The van der Waals surface area contributed by atoms with Gasteiger partial charge in [0.05, 0.1) is 5.69 Å². The summed E-state index contributed by atoms with van der Waals surface area (Å²) in [5, 5.41) is 0. The number of fused-ring (bicyclic) bond motifs is 1. The van der Waals surface area contributed by atoms with Gasteiger partial charge in [0.25, 0.3) is 0 Å². The number of benzene rings is 2. The van der Waals surface area contributed by atoms with Gasteiger partial charge in [-0.05, 0) is 34.9 Å². The fraction of sp³-hybridized carbons (Fsp3) is 0.0714. The molecule has 0 fully saturated rings. The number of halogens is 1. The van der Waals surface area contributed by atoms with E-state index in [0.29, 0.717) is 0 Å². The van der Waals surface area contributed by atoms with Crippen molar-refractivity contribution in [1.29, 1.82) is 0 Å². The van der Waals surface area contributed by atoms with Crippen molar-refractivity contribution >= 4 is 11.9 Å². The topological polar surface area (TPSA) is 12.4 Å². The van der Waals surface area contributed by atoms with E-state index in [1.165, 1.54) is 17.7 Å². The molecule has 0 N–H and O–H groups in total. The Balaban J connectivity index is 2.07. The number of aliphatic imine (C=N–C) groups is 1. The van der Waals surface area contributed by atoms with E-state index in [1.807, 2.05) is 12.3 Å². The number of hydrogen-bond acceptors (Lipinski definition) is 1. The summed E-state index contributed by atoms with van der Waals surface area (Å²) in [5.41, 5.74) is 4.39. The van der Waals surface area contributed by atoms with Gasteiger partial charge in [-0.1, -0.05) is 24.3 Å². The molecule has 16 heavy (non-hydrogen) atoms. The summed E-state index contributed by atoms with van der Waals surface area (Å²) in [7, 11) is 0. The van der Waals surface area contributed by atoms with Crippen LogP contribution in [0.25, 0.3) is 11.1 Å². The monoisotopic (exact) mass is 211 g/mol. The van der Waals surface area contributed by atoms with Crippen molar-refractivity contribution in [3.05, 3.63) is 53.8 Å². The molecule has 0 amide bonds. The molecule has 2 heteroatoms. The smallest absolute Gasteiger partial charge is 0.123 e. The molecule has 0 aliphatic carbocycles. The highest BCUT2D eigenvalue weighted by Crippen LogP contribution is 2.30. The van der Waals surface area contributed by atoms with Crippen LogP contribution >= 0.6 is 0 Å². The molecule has 0 aromatic heterocycles. The predicted molar refractivity (Wildman–Crippen MR) is 63.7 cm³/mol. The van der Waals surface area contributed by atoms with Crippen molar-refractivity contribution < 1.29 is 4.39 Å². The summed E-state index contributed by atoms with van der Waals surface area (Å²) in [6, 6.07) is 12.7. The van der Waals surface area contributed by atoms with Crippen LogP contribution in [0.3, 0.4) is 0 Å². The van der Waals surface area contributed by atoms with Crippen LogP contribution in [0.5, 0.6) is 0 Å². The Morgan fingerprint density at radius 2 is 1.69 bits per heavy atom. The molecule has 0 saturated heterocycles.